The molecule has 0 unspecified atom stereocenters. The van der Waals surface area contributed by atoms with E-state index in [1.54, 1.807) is 22.4 Å². The van der Waals surface area contributed by atoms with Gasteiger partial charge in [-0.1, -0.05) is 0 Å². The summed E-state index contributed by atoms with van der Waals surface area (Å²) in [5.41, 5.74) is 9.34. The molecule has 2 aromatic heterocycles. The first-order valence-corrected chi connectivity index (χ1v) is 9.95. The molecule has 3 heterocycles. The Balaban J connectivity index is 1.96. The summed E-state index contributed by atoms with van der Waals surface area (Å²) in [5, 5.41) is 13.8. The summed E-state index contributed by atoms with van der Waals surface area (Å²) in [7, 11) is 0. The highest BCUT2D eigenvalue weighted by atomic mass is 79.9. The van der Waals surface area contributed by atoms with E-state index < -0.39 is 0 Å². The predicted molar refractivity (Wildman–Crippen MR) is 104 cm³/mol. The van der Waals surface area contributed by atoms with Gasteiger partial charge in [0.2, 0.25) is 0 Å². The Hall–Kier alpha value is -2.43. The second kappa shape index (κ2) is 6.71. The van der Waals surface area contributed by atoms with Gasteiger partial charge in [-0.25, -0.2) is 4.98 Å². The third-order valence-corrected chi connectivity index (χ3v) is 5.90. The van der Waals surface area contributed by atoms with Crippen LogP contribution in [0.4, 0.5) is 5.82 Å². The maximum Gasteiger partial charge on any atom is 0.161 e. The largest absolute Gasteiger partial charge is 0.384 e. The second-order valence-corrected chi connectivity index (χ2v) is 7.90. The number of hydrogen-bond acceptors (Lipinski definition) is 6. The fourth-order valence-corrected chi connectivity index (χ4v) is 4.54. The van der Waals surface area contributed by atoms with Crippen molar-refractivity contribution in [1.29, 1.82) is 5.26 Å². The number of allylic oxidation sites excluding steroid dienone is 3. The van der Waals surface area contributed by atoms with Gasteiger partial charge in [-0.2, -0.15) is 16.6 Å². The van der Waals surface area contributed by atoms with Gasteiger partial charge < -0.3 is 5.73 Å². The van der Waals surface area contributed by atoms with E-state index in [1.165, 1.54) is 0 Å². The van der Waals surface area contributed by atoms with Gasteiger partial charge in [0.05, 0.1) is 17.6 Å². The van der Waals surface area contributed by atoms with Crippen LogP contribution in [-0.2, 0) is 4.79 Å². The summed E-state index contributed by atoms with van der Waals surface area (Å²) >= 11 is 4.93. The number of carbonyl (C=O) groups excluding carboxylic acids is 1. The lowest BCUT2D eigenvalue weighted by Gasteiger charge is -2.38. The fraction of sp³-hybridized carbons (Fsp3) is 0.211. The SMILES string of the molecule is N#CC1=C(N)N(c2ccc(Br)cn2)C2=C(C(=O)CCC2)[C@H]1c1ccsc1. The molecule has 2 N–H and O–H groups in total. The van der Waals surface area contributed by atoms with Crippen LogP contribution in [0.2, 0.25) is 0 Å². The first-order chi connectivity index (χ1) is 12.6. The van der Waals surface area contributed by atoms with E-state index in [2.05, 4.69) is 27.0 Å². The lowest BCUT2D eigenvalue weighted by atomic mass is 9.76. The third-order valence-electron chi connectivity index (χ3n) is 4.73. The van der Waals surface area contributed by atoms with Crippen molar-refractivity contribution in [3.63, 3.8) is 0 Å². The average molecular weight is 427 g/mol. The van der Waals surface area contributed by atoms with Crippen LogP contribution in [0.25, 0.3) is 0 Å². The molecule has 7 heteroatoms. The number of hydrogen-bond donors (Lipinski definition) is 1. The lowest BCUT2D eigenvalue weighted by Crippen LogP contribution is -2.39. The molecule has 0 fully saturated rings. The number of nitrogens with zero attached hydrogens (tertiary/aromatic N) is 3. The molecule has 1 atom stereocenters. The monoisotopic (exact) mass is 426 g/mol. The lowest BCUT2D eigenvalue weighted by molar-refractivity contribution is -0.116. The first-order valence-electron chi connectivity index (χ1n) is 8.21. The van der Waals surface area contributed by atoms with E-state index in [0.717, 1.165) is 28.6 Å². The third kappa shape index (κ3) is 2.66. The number of halogens is 1. The van der Waals surface area contributed by atoms with Crippen molar-refractivity contribution in [2.24, 2.45) is 5.73 Å². The Morgan fingerprint density at radius 3 is 2.85 bits per heavy atom. The van der Waals surface area contributed by atoms with Gasteiger partial charge in [0.25, 0.3) is 0 Å². The van der Waals surface area contributed by atoms with Crippen molar-refractivity contribution in [2.75, 3.05) is 4.90 Å². The minimum Gasteiger partial charge on any atom is -0.384 e. The molecule has 2 aromatic rings. The number of aromatic nitrogens is 1. The minimum absolute atomic E-state index is 0.0878. The molecule has 2 aliphatic rings. The quantitative estimate of drug-likeness (QED) is 0.777. The highest BCUT2D eigenvalue weighted by Gasteiger charge is 2.40. The van der Waals surface area contributed by atoms with Crippen molar-refractivity contribution in [1.82, 2.24) is 4.98 Å². The number of rotatable bonds is 2. The Labute approximate surface area is 163 Å². The Kier molecular flexibility index (Phi) is 4.39. The zero-order valence-corrected chi connectivity index (χ0v) is 16.2. The van der Waals surface area contributed by atoms with E-state index in [9.17, 15) is 10.1 Å². The van der Waals surface area contributed by atoms with Crippen molar-refractivity contribution in [3.05, 3.63) is 67.9 Å². The van der Waals surface area contributed by atoms with Crippen LogP contribution >= 0.6 is 27.3 Å². The molecule has 5 nitrogen and oxygen atoms in total. The summed E-state index contributed by atoms with van der Waals surface area (Å²) in [6.45, 7) is 0. The van der Waals surface area contributed by atoms with Gasteiger partial charge in [0.15, 0.2) is 5.78 Å². The molecule has 0 bridgehead atoms. The van der Waals surface area contributed by atoms with Crippen LogP contribution < -0.4 is 10.6 Å². The van der Waals surface area contributed by atoms with Gasteiger partial charge >= 0.3 is 0 Å². The molecule has 1 aliphatic heterocycles. The molecule has 0 amide bonds. The summed E-state index contributed by atoms with van der Waals surface area (Å²) < 4.78 is 0.853. The Bertz CT molecular complexity index is 970. The smallest absolute Gasteiger partial charge is 0.161 e. The zero-order valence-electron chi connectivity index (χ0n) is 13.8. The topological polar surface area (TPSA) is 83.0 Å². The van der Waals surface area contributed by atoms with Gasteiger partial charge in [0, 0.05) is 28.4 Å². The zero-order chi connectivity index (χ0) is 18.3. The number of ketones is 1. The molecule has 0 aromatic carbocycles. The summed E-state index contributed by atoms with van der Waals surface area (Å²) in [4.78, 5) is 19.1. The van der Waals surface area contributed by atoms with Crippen LogP contribution in [0.1, 0.15) is 30.7 Å². The van der Waals surface area contributed by atoms with Crippen LogP contribution in [0.3, 0.4) is 0 Å². The van der Waals surface area contributed by atoms with Crippen LogP contribution in [0.5, 0.6) is 0 Å². The molecular weight excluding hydrogens is 412 g/mol. The molecule has 0 saturated carbocycles. The molecule has 130 valence electrons. The molecular formula is C19H15BrN4OS. The summed E-state index contributed by atoms with van der Waals surface area (Å²) in [6.07, 6.45) is 3.69. The molecule has 0 radical (unpaired) electrons. The van der Waals surface area contributed by atoms with E-state index in [1.807, 2.05) is 29.0 Å². The highest BCUT2D eigenvalue weighted by Crippen LogP contribution is 2.46. The number of anilines is 1. The maximum absolute atomic E-state index is 12.9. The second-order valence-electron chi connectivity index (χ2n) is 6.21. The van der Waals surface area contributed by atoms with E-state index in [4.69, 9.17) is 5.73 Å². The number of pyridine rings is 1. The van der Waals surface area contributed by atoms with Crippen LogP contribution in [0.15, 0.2) is 62.3 Å². The molecule has 4 rings (SSSR count). The molecule has 26 heavy (non-hydrogen) atoms. The van der Waals surface area contributed by atoms with Crippen molar-refractivity contribution >= 4 is 38.9 Å². The number of nitriles is 1. The van der Waals surface area contributed by atoms with Crippen molar-refractivity contribution in [2.45, 2.75) is 25.2 Å². The fourth-order valence-electron chi connectivity index (χ4n) is 3.62. The molecule has 0 spiro atoms. The standard InChI is InChI=1S/C19H15BrN4OS/c20-12-4-5-16(23-9-12)24-14-2-1-3-15(25)18(14)17(11-6-7-26-10-11)13(8-21)19(24)22/h4-7,9-10,17H,1-3,22H2/t17-/m0/s1. The van der Waals surface area contributed by atoms with Crippen LogP contribution in [0, 0.1) is 11.3 Å². The maximum atomic E-state index is 12.9. The summed E-state index contributed by atoms with van der Waals surface area (Å²) in [6, 6.07) is 7.92. The number of nitrogens with two attached hydrogens (primary N) is 1. The van der Waals surface area contributed by atoms with Gasteiger partial charge in [-0.3, -0.25) is 9.69 Å². The number of Topliss-reactive ketones (excluding diaryl/α,β-unsaturated/α-hetero) is 1. The normalized spacial score (nSPS) is 20.2. The van der Waals surface area contributed by atoms with Crippen LogP contribution in [-0.4, -0.2) is 10.8 Å². The van der Waals surface area contributed by atoms with E-state index >= 15 is 0 Å². The van der Waals surface area contributed by atoms with Gasteiger partial charge in [0.1, 0.15) is 11.6 Å². The predicted octanol–water partition coefficient (Wildman–Crippen LogP) is 4.21. The Morgan fingerprint density at radius 1 is 1.35 bits per heavy atom. The van der Waals surface area contributed by atoms with Crippen molar-refractivity contribution < 1.29 is 4.79 Å². The highest BCUT2D eigenvalue weighted by molar-refractivity contribution is 9.10. The minimum atomic E-state index is -0.388. The summed E-state index contributed by atoms with van der Waals surface area (Å²) in [5.74, 6) is 0.668. The molecule has 1 aliphatic carbocycles. The Morgan fingerprint density at radius 2 is 2.19 bits per heavy atom. The number of thiophene rings is 1. The van der Waals surface area contributed by atoms with E-state index in [0.29, 0.717) is 29.2 Å². The molecule has 0 saturated heterocycles. The van der Waals surface area contributed by atoms with Gasteiger partial charge in [-0.15, -0.1) is 0 Å². The van der Waals surface area contributed by atoms with Gasteiger partial charge in [-0.05, 0) is 63.3 Å². The van der Waals surface area contributed by atoms with Crippen molar-refractivity contribution in [3.8, 4) is 6.07 Å². The van der Waals surface area contributed by atoms with E-state index in [-0.39, 0.29) is 11.7 Å². The number of carbonyl (C=O) groups is 1. The first kappa shape index (κ1) is 17.0. The average Bonchev–Trinajstić information content (AvgIpc) is 3.16.